The van der Waals surface area contributed by atoms with Crippen LogP contribution in [0.15, 0.2) is 47.4 Å². The summed E-state index contributed by atoms with van der Waals surface area (Å²) in [6.45, 7) is 12.6. The molecule has 7 nitrogen and oxygen atoms in total. The van der Waals surface area contributed by atoms with E-state index in [4.69, 9.17) is 0 Å². The first kappa shape index (κ1) is 25.4. The molecular formula is C24H33N3O4S. The van der Waals surface area contributed by atoms with E-state index in [9.17, 15) is 18.0 Å². The topological polar surface area (TPSA) is 95.6 Å². The Hall–Kier alpha value is -2.87. The minimum Gasteiger partial charge on any atom is -0.343 e. The summed E-state index contributed by atoms with van der Waals surface area (Å²) in [6, 6.07) is 11.6. The van der Waals surface area contributed by atoms with Gasteiger partial charge >= 0.3 is 0 Å². The van der Waals surface area contributed by atoms with E-state index in [0.717, 1.165) is 5.56 Å². The molecule has 0 atom stereocenters. The highest BCUT2D eigenvalue weighted by atomic mass is 32.2. The summed E-state index contributed by atoms with van der Waals surface area (Å²) in [4.78, 5) is 26.4. The van der Waals surface area contributed by atoms with Crippen LogP contribution < -0.4 is 10.0 Å². The molecule has 2 aromatic carbocycles. The van der Waals surface area contributed by atoms with Crippen molar-refractivity contribution in [2.75, 3.05) is 24.4 Å². The van der Waals surface area contributed by atoms with Crippen LogP contribution in [-0.2, 0) is 20.2 Å². The van der Waals surface area contributed by atoms with Gasteiger partial charge in [-0.05, 0) is 61.6 Å². The summed E-state index contributed by atoms with van der Waals surface area (Å²) in [7, 11) is -3.86. The molecule has 0 bridgehead atoms. The zero-order chi connectivity index (χ0) is 24.1. The lowest BCUT2D eigenvalue weighted by molar-refractivity contribution is -0.129. The van der Waals surface area contributed by atoms with Gasteiger partial charge in [0.1, 0.15) is 0 Å². The second-order valence-electron chi connectivity index (χ2n) is 8.67. The summed E-state index contributed by atoms with van der Waals surface area (Å²) < 4.78 is 28.7. The van der Waals surface area contributed by atoms with Crippen LogP contribution in [0.3, 0.4) is 0 Å². The molecule has 8 heteroatoms. The van der Waals surface area contributed by atoms with E-state index in [0.29, 0.717) is 18.7 Å². The third-order valence-electron chi connectivity index (χ3n) is 5.24. The first-order chi connectivity index (χ1) is 14.9. The van der Waals surface area contributed by atoms with Gasteiger partial charge in [0.15, 0.2) is 0 Å². The van der Waals surface area contributed by atoms with E-state index >= 15 is 0 Å². The second-order valence-corrected chi connectivity index (χ2v) is 10.3. The molecule has 0 radical (unpaired) electrons. The molecule has 0 spiro atoms. The van der Waals surface area contributed by atoms with Crippen molar-refractivity contribution >= 4 is 27.5 Å². The molecule has 174 valence electrons. The summed E-state index contributed by atoms with van der Waals surface area (Å²) in [5, 5.41) is 2.60. The molecule has 32 heavy (non-hydrogen) atoms. The predicted molar refractivity (Wildman–Crippen MR) is 127 cm³/mol. The van der Waals surface area contributed by atoms with Gasteiger partial charge in [-0.25, -0.2) is 8.42 Å². The number of aryl methyl sites for hydroxylation is 1. The minimum absolute atomic E-state index is 0.116. The number of likely N-dealkylation sites (N-methyl/N-ethyl adjacent to an activating group) is 1. The average Bonchev–Trinajstić information content (AvgIpc) is 2.72. The standard InChI is InChI=1S/C24H33N3O4S/c1-7-27(8-2)22(28)16-25-23(29)18-10-9-11-20(14-18)26-32(30,31)21-15-19(24(4,5)6)13-12-17(21)3/h9-15,26H,7-8,16H2,1-6H3,(H,25,29). The summed E-state index contributed by atoms with van der Waals surface area (Å²) in [5.74, 6) is -0.619. The molecule has 0 heterocycles. The maximum atomic E-state index is 13.1. The Labute approximate surface area is 191 Å². The average molecular weight is 460 g/mol. The zero-order valence-electron chi connectivity index (χ0n) is 19.7. The first-order valence-corrected chi connectivity index (χ1v) is 12.2. The number of anilines is 1. The van der Waals surface area contributed by atoms with Crippen LogP contribution in [0.4, 0.5) is 5.69 Å². The molecule has 0 aliphatic rings. The van der Waals surface area contributed by atoms with E-state index < -0.39 is 15.9 Å². The lowest BCUT2D eigenvalue weighted by atomic mass is 9.87. The Morgan fingerprint density at radius 3 is 2.25 bits per heavy atom. The van der Waals surface area contributed by atoms with Crippen LogP contribution in [0.2, 0.25) is 0 Å². The van der Waals surface area contributed by atoms with E-state index in [1.165, 1.54) is 6.07 Å². The predicted octanol–water partition coefficient (Wildman–Crippen LogP) is 3.69. The minimum atomic E-state index is -3.86. The first-order valence-electron chi connectivity index (χ1n) is 10.7. The Balaban J connectivity index is 2.20. The van der Waals surface area contributed by atoms with Crippen molar-refractivity contribution in [2.45, 2.75) is 51.9 Å². The third kappa shape index (κ3) is 6.32. The van der Waals surface area contributed by atoms with Gasteiger partial charge in [-0.1, -0.05) is 39.0 Å². The van der Waals surface area contributed by atoms with E-state index in [2.05, 4.69) is 10.0 Å². The van der Waals surface area contributed by atoms with Crippen LogP contribution in [0.25, 0.3) is 0 Å². The highest BCUT2D eigenvalue weighted by molar-refractivity contribution is 7.92. The van der Waals surface area contributed by atoms with Gasteiger partial charge in [0.05, 0.1) is 11.4 Å². The molecule has 0 saturated carbocycles. The number of amides is 2. The molecule has 0 fully saturated rings. The lowest BCUT2D eigenvalue weighted by Gasteiger charge is -2.21. The van der Waals surface area contributed by atoms with Crippen LogP contribution in [0.1, 0.15) is 56.1 Å². The fraction of sp³-hybridized carbons (Fsp3) is 0.417. The van der Waals surface area contributed by atoms with Gasteiger partial charge in [-0.15, -0.1) is 0 Å². The van der Waals surface area contributed by atoms with Crippen LogP contribution >= 0.6 is 0 Å². The summed E-state index contributed by atoms with van der Waals surface area (Å²) >= 11 is 0. The molecule has 2 aromatic rings. The van der Waals surface area contributed by atoms with Crippen molar-refractivity contribution in [3.63, 3.8) is 0 Å². The van der Waals surface area contributed by atoms with Crippen molar-refractivity contribution in [1.82, 2.24) is 10.2 Å². The number of hydrogen-bond acceptors (Lipinski definition) is 4. The lowest BCUT2D eigenvalue weighted by Crippen LogP contribution is -2.40. The summed E-state index contributed by atoms with van der Waals surface area (Å²) in [6.07, 6.45) is 0. The van der Waals surface area contributed by atoms with Gasteiger partial charge in [-0.2, -0.15) is 0 Å². The highest BCUT2D eigenvalue weighted by Gasteiger charge is 2.22. The normalized spacial score (nSPS) is 11.7. The number of sulfonamides is 1. The quantitative estimate of drug-likeness (QED) is 0.629. The van der Waals surface area contributed by atoms with Gasteiger partial charge < -0.3 is 10.2 Å². The van der Waals surface area contributed by atoms with Crippen LogP contribution in [-0.4, -0.2) is 44.8 Å². The van der Waals surface area contributed by atoms with E-state index in [-0.39, 0.29) is 34.0 Å². The maximum Gasteiger partial charge on any atom is 0.262 e. The van der Waals surface area contributed by atoms with Crippen molar-refractivity contribution in [3.8, 4) is 0 Å². The molecular weight excluding hydrogens is 426 g/mol. The van der Waals surface area contributed by atoms with E-state index in [1.54, 1.807) is 42.2 Å². The fourth-order valence-corrected chi connectivity index (χ4v) is 4.56. The second kappa shape index (κ2) is 10.2. The SMILES string of the molecule is CCN(CC)C(=O)CNC(=O)c1cccc(NS(=O)(=O)c2cc(C(C)(C)C)ccc2C)c1. The monoisotopic (exact) mass is 459 g/mol. The number of nitrogens with one attached hydrogen (secondary N) is 2. The van der Waals surface area contributed by atoms with Crippen molar-refractivity contribution in [1.29, 1.82) is 0 Å². The van der Waals surface area contributed by atoms with Crippen molar-refractivity contribution < 1.29 is 18.0 Å². The van der Waals surface area contributed by atoms with E-state index in [1.807, 2.05) is 40.7 Å². The largest absolute Gasteiger partial charge is 0.343 e. The van der Waals surface area contributed by atoms with Crippen molar-refractivity contribution in [2.24, 2.45) is 0 Å². The Morgan fingerprint density at radius 1 is 1.00 bits per heavy atom. The number of hydrogen-bond donors (Lipinski definition) is 2. The molecule has 0 aliphatic heterocycles. The maximum absolute atomic E-state index is 13.1. The number of carbonyl (C=O) groups excluding carboxylic acids is 2. The smallest absolute Gasteiger partial charge is 0.262 e. The van der Waals surface area contributed by atoms with Gasteiger partial charge in [0.25, 0.3) is 15.9 Å². The Kier molecular flexibility index (Phi) is 8.07. The third-order valence-corrected chi connectivity index (χ3v) is 6.76. The zero-order valence-corrected chi connectivity index (χ0v) is 20.5. The van der Waals surface area contributed by atoms with Gasteiger partial charge in [0, 0.05) is 24.3 Å². The van der Waals surface area contributed by atoms with Crippen LogP contribution in [0.5, 0.6) is 0 Å². The molecule has 0 aromatic heterocycles. The fourth-order valence-electron chi connectivity index (χ4n) is 3.24. The number of carbonyl (C=O) groups is 2. The molecule has 0 unspecified atom stereocenters. The number of nitrogens with zero attached hydrogens (tertiary/aromatic N) is 1. The molecule has 0 aliphatic carbocycles. The summed E-state index contributed by atoms with van der Waals surface area (Å²) in [5.41, 5.74) is 1.88. The molecule has 2 rings (SSSR count). The van der Waals surface area contributed by atoms with Crippen LogP contribution in [0, 0.1) is 6.92 Å². The molecule has 2 N–H and O–H groups in total. The molecule has 2 amide bonds. The van der Waals surface area contributed by atoms with Gasteiger partial charge in [0.2, 0.25) is 5.91 Å². The number of rotatable bonds is 8. The Morgan fingerprint density at radius 2 is 1.66 bits per heavy atom. The van der Waals surface area contributed by atoms with Gasteiger partial charge in [-0.3, -0.25) is 14.3 Å². The van der Waals surface area contributed by atoms with Crippen molar-refractivity contribution in [3.05, 3.63) is 59.2 Å². The Bertz CT molecular complexity index is 1080. The number of benzene rings is 2. The molecule has 0 saturated heterocycles. The highest BCUT2D eigenvalue weighted by Crippen LogP contribution is 2.28.